The number of aromatic nitrogens is 1. The van der Waals surface area contributed by atoms with E-state index in [0.717, 1.165) is 55.9 Å². The van der Waals surface area contributed by atoms with Gasteiger partial charge < -0.3 is 14.6 Å². The summed E-state index contributed by atoms with van der Waals surface area (Å²) in [6.45, 7) is 5.25. The molecule has 1 fully saturated rings. The van der Waals surface area contributed by atoms with Gasteiger partial charge in [0.25, 0.3) is 5.91 Å². The van der Waals surface area contributed by atoms with Crippen LogP contribution in [0.1, 0.15) is 16.9 Å². The van der Waals surface area contributed by atoms with E-state index in [4.69, 9.17) is 4.74 Å². The van der Waals surface area contributed by atoms with Crippen LogP contribution < -0.4 is 5.32 Å². The van der Waals surface area contributed by atoms with Crippen LogP contribution in [-0.2, 0) is 4.74 Å². The third-order valence-electron chi connectivity index (χ3n) is 5.00. The minimum atomic E-state index is -0.0305. The first kappa shape index (κ1) is 17.8. The van der Waals surface area contributed by atoms with Crippen molar-refractivity contribution >= 4 is 16.8 Å². The third kappa shape index (κ3) is 4.04. The van der Waals surface area contributed by atoms with Gasteiger partial charge in [-0.3, -0.25) is 9.69 Å². The summed E-state index contributed by atoms with van der Waals surface area (Å²) in [6.07, 6.45) is 0.942. The fraction of sp³-hybridized carbons (Fsp3) is 0.318. The van der Waals surface area contributed by atoms with Crippen LogP contribution in [0.5, 0.6) is 0 Å². The number of para-hydroxylation sites is 2. The van der Waals surface area contributed by atoms with Gasteiger partial charge in [-0.2, -0.15) is 0 Å². The standard InChI is InChI=1S/C22H25N3O2/c26-22(23-11-6-12-24-13-15-27-16-14-24)21-17-18-7-4-5-10-20(18)25(21)19-8-2-1-3-9-19/h1-5,7-10,17H,6,11-16H2,(H,23,26). The molecule has 1 aliphatic heterocycles. The molecule has 0 atom stereocenters. The second-order valence-electron chi connectivity index (χ2n) is 6.82. The van der Waals surface area contributed by atoms with E-state index in [9.17, 15) is 4.79 Å². The van der Waals surface area contributed by atoms with E-state index in [1.165, 1.54) is 0 Å². The van der Waals surface area contributed by atoms with Crippen molar-refractivity contribution in [2.75, 3.05) is 39.4 Å². The van der Waals surface area contributed by atoms with E-state index >= 15 is 0 Å². The van der Waals surface area contributed by atoms with Gasteiger partial charge in [-0.1, -0.05) is 36.4 Å². The molecule has 1 aromatic heterocycles. The highest BCUT2D eigenvalue weighted by Gasteiger charge is 2.16. The number of fused-ring (bicyclic) bond motifs is 1. The molecule has 0 radical (unpaired) electrons. The van der Waals surface area contributed by atoms with Crippen molar-refractivity contribution in [2.24, 2.45) is 0 Å². The van der Waals surface area contributed by atoms with Crippen molar-refractivity contribution in [1.82, 2.24) is 14.8 Å². The van der Waals surface area contributed by atoms with Gasteiger partial charge in [-0.05, 0) is 37.2 Å². The quantitative estimate of drug-likeness (QED) is 0.685. The van der Waals surface area contributed by atoms with Crippen molar-refractivity contribution < 1.29 is 9.53 Å². The van der Waals surface area contributed by atoms with Crippen molar-refractivity contribution in [1.29, 1.82) is 0 Å². The fourth-order valence-corrected chi connectivity index (χ4v) is 3.60. The zero-order valence-corrected chi connectivity index (χ0v) is 15.4. The summed E-state index contributed by atoms with van der Waals surface area (Å²) in [4.78, 5) is 15.3. The van der Waals surface area contributed by atoms with Gasteiger partial charge in [0.1, 0.15) is 5.69 Å². The Morgan fingerprint density at radius 2 is 1.74 bits per heavy atom. The molecule has 0 unspecified atom stereocenters. The van der Waals surface area contributed by atoms with E-state index in [2.05, 4.69) is 16.3 Å². The summed E-state index contributed by atoms with van der Waals surface area (Å²) >= 11 is 0. The van der Waals surface area contributed by atoms with Gasteiger partial charge in [0.2, 0.25) is 0 Å². The molecule has 0 aliphatic carbocycles. The van der Waals surface area contributed by atoms with Crippen molar-refractivity contribution in [3.63, 3.8) is 0 Å². The minimum absolute atomic E-state index is 0.0305. The Hall–Kier alpha value is -2.63. The molecule has 1 N–H and O–H groups in total. The molecule has 1 saturated heterocycles. The topological polar surface area (TPSA) is 46.5 Å². The maximum atomic E-state index is 12.9. The lowest BCUT2D eigenvalue weighted by Crippen LogP contribution is -2.38. The average Bonchev–Trinajstić information content (AvgIpc) is 3.12. The smallest absolute Gasteiger partial charge is 0.268 e. The molecule has 3 aromatic rings. The molecule has 4 rings (SSSR count). The van der Waals surface area contributed by atoms with Crippen molar-refractivity contribution in [3.05, 3.63) is 66.4 Å². The molecule has 5 heteroatoms. The Kier molecular flexibility index (Phi) is 5.51. The van der Waals surface area contributed by atoms with Crippen LogP contribution >= 0.6 is 0 Å². The number of rotatable bonds is 6. The van der Waals surface area contributed by atoms with Crippen LogP contribution in [0.2, 0.25) is 0 Å². The lowest BCUT2D eigenvalue weighted by atomic mass is 10.2. The SMILES string of the molecule is O=C(NCCCN1CCOCC1)c1cc2ccccc2n1-c1ccccc1. The van der Waals surface area contributed by atoms with Gasteiger partial charge in [0, 0.05) is 30.7 Å². The highest BCUT2D eigenvalue weighted by Crippen LogP contribution is 2.24. The molecule has 1 amide bonds. The van der Waals surface area contributed by atoms with Crippen LogP contribution in [-0.4, -0.2) is 54.8 Å². The van der Waals surface area contributed by atoms with Crippen LogP contribution in [0.25, 0.3) is 16.6 Å². The molecule has 1 aliphatic rings. The van der Waals surface area contributed by atoms with Crippen LogP contribution in [0, 0.1) is 0 Å². The summed E-state index contributed by atoms with van der Waals surface area (Å²) in [5.41, 5.74) is 2.72. The van der Waals surface area contributed by atoms with Crippen molar-refractivity contribution in [3.8, 4) is 5.69 Å². The largest absolute Gasteiger partial charge is 0.379 e. The van der Waals surface area contributed by atoms with E-state index in [0.29, 0.717) is 12.2 Å². The Bertz CT molecular complexity index is 898. The Balaban J connectivity index is 1.48. The zero-order chi connectivity index (χ0) is 18.5. The number of hydrogen-bond donors (Lipinski definition) is 1. The molecular weight excluding hydrogens is 338 g/mol. The maximum absolute atomic E-state index is 12.9. The zero-order valence-electron chi connectivity index (χ0n) is 15.4. The van der Waals surface area contributed by atoms with Gasteiger partial charge in [0.15, 0.2) is 0 Å². The normalized spacial score (nSPS) is 15.1. The number of amides is 1. The lowest BCUT2D eigenvalue weighted by molar-refractivity contribution is 0.0374. The summed E-state index contributed by atoms with van der Waals surface area (Å²) in [5, 5.41) is 4.16. The molecule has 2 aromatic carbocycles. The van der Waals surface area contributed by atoms with Gasteiger partial charge in [0.05, 0.1) is 18.7 Å². The number of ether oxygens (including phenoxy) is 1. The molecule has 5 nitrogen and oxygen atoms in total. The lowest BCUT2D eigenvalue weighted by Gasteiger charge is -2.26. The Labute approximate surface area is 159 Å². The molecule has 2 heterocycles. The third-order valence-corrected chi connectivity index (χ3v) is 5.00. The van der Waals surface area contributed by atoms with E-state index in [1.54, 1.807) is 0 Å². The van der Waals surface area contributed by atoms with E-state index in [-0.39, 0.29) is 5.91 Å². The molecule has 0 saturated carbocycles. The van der Waals surface area contributed by atoms with Crippen LogP contribution in [0.4, 0.5) is 0 Å². The van der Waals surface area contributed by atoms with Crippen molar-refractivity contribution in [2.45, 2.75) is 6.42 Å². The predicted octanol–water partition coefficient (Wildman–Crippen LogP) is 3.08. The van der Waals surface area contributed by atoms with Gasteiger partial charge in [-0.15, -0.1) is 0 Å². The number of hydrogen-bond acceptors (Lipinski definition) is 3. The fourth-order valence-electron chi connectivity index (χ4n) is 3.60. The van der Waals surface area contributed by atoms with Gasteiger partial charge in [-0.25, -0.2) is 0 Å². The Morgan fingerprint density at radius 1 is 1.00 bits per heavy atom. The van der Waals surface area contributed by atoms with Gasteiger partial charge >= 0.3 is 0 Å². The number of morpholine rings is 1. The number of nitrogens with zero attached hydrogens (tertiary/aromatic N) is 2. The summed E-state index contributed by atoms with van der Waals surface area (Å²) < 4.78 is 7.41. The monoisotopic (exact) mass is 363 g/mol. The highest BCUT2D eigenvalue weighted by atomic mass is 16.5. The first-order chi connectivity index (χ1) is 13.3. The molecule has 27 heavy (non-hydrogen) atoms. The molecular formula is C22H25N3O2. The highest BCUT2D eigenvalue weighted by molar-refractivity contribution is 5.99. The second-order valence-corrected chi connectivity index (χ2v) is 6.82. The summed E-state index contributed by atoms with van der Waals surface area (Å²) in [6, 6.07) is 20.1. The summed E-state index contributed by atoms with van der Waals surface area (Å²) in [5.74, 6) is -0.0305. The molecule has 0 bridgehead atoms. The summed E-state index contributed by atoms with van der Waals surface area (Å²) in [7, 11) is 0. The molecule has 140 valence electrons. The minimum Gasteiger partial charge on any atom is -0.379 e. The number of carbonyl (C=O) groups excluding carboxylic acids is 1. The average molecular weight is 363 g/mol. The van der Waals surface area contributed by atoms with E-state index < -0.39 is 0 Å². The van der Waals surface area contributed by atoms with E-state index in [1.807, 2.05) is 59.2 Å². The van der Waals surface area contributed by atoms with Crippen LogP contribution in [0.3, 0.4) is 0 Å². The Morgan fingerprint density at radius 3 is 2.56 bits per heavy atom. The molecule has 0 spiro atoms. The first-order valence-corrected chi connectivity index (χ1v) is 9.57. The first-order valence-electron chi connectivity index (χ1n) is 9.57. The number of nitrogens with one attached hydrogen (secondary N) is 1. The maximum Gasteiger partial charge on any atom is 0.268 e. The number of carbonyl (C=O) groups is 1. The number of benzene rings is 2. The second kappa shape index (κ2) is 8.37. The predicted molar refractivity (Wildman–Crippen MR) is 107 cm³/mol. The van der Waals surface area contributed by atoms with Crippen LogP contribution in [0.15, 0.2) is 60.7 Å².